The van der Waals surface area contributed by atoms with E-state index in [0.29, 0.717) is 18.9 Å². The van der Waals surface area contributed by atoms with Crippen LogP contribution in [0.2, 0.25) is 0 Å². The highest BCUT2D eigenvalue weighted by Crippen LogP contribution is 2.34. The van der Waals surface area contributed by atoms with Gasteiger partial charge in [0.2, 0.25) is 5.88 Å². The number of alkyl halides is 3. The fraction of sp³-hybridized carbons (Fsp3) is 0.393. The average molecular weight is 546 g/mol. The molecular weight excluding hydrogens is 515 g/mol. The van der Waals surface area contributed by atoms with Crippen LogP contribution in [0.1, 0.15) is 46.1 Å². The van der Waals surface area contributed by atoms with Crippen LogP contribution in [-0.2, 0) is 10.7 Å². The molecule has 1 aliphatic heterocycles. The molecular formula is C28H30F3N3O5. The fourth-order valence-corrected chi connectivity index (χ4v) is 4.25. The molecule has 0 unspecified atom stereocenters. The van der Waals surface area contributed by atoms with Gasteiger partial charge in [-0.25, -0.2) is 9.37 Å². The van der Waals surface area contributed by atoms with E-state index in [2.05, 4.69) is 15.3 Å². The van der Waals surface area contributed by atoms with Crippen LogP contribution in [-0.4, -0.2) is 65.3 Å². The Bertz CT molecular complexity index is 1300. The minimum absolute atomic E-state index is 0.0842. The largest absolute Gasteiger partial charge is 0.475 e. The van der Waals surface area contributed by atoms with E-state index in [9.17, 15) is 23.1 Å². The van der Waals surface area contributed by atoms with Crippen LogP contribution in [0.15, 0.2) is 48.7 Å². The Morgan fingerprint density at radius 2 is 1.97 bits per heavy atom. The summed E-state index contributed by atoms with van der Waals surface area (Å²) < 4.78 is 51.4. The third-order valence-electron chi connectivity index (χ3n) is 6.47. The summed E-state index contributed by atoms with van der Waals surface area (Å²) in [5.74, 6) is -4.00. The van der Waals surface area contributed by atoms with E-state index in [4.69, 9.17) is 14.6 Å². The number of ether oxygens (including phenoxy) is 2. The van der Waals surface area contributed by atoms with Gasteiger partial charge in [-0.05, 0) is 66.8 Å². The van der Waals surface area contributed by atoms with Gasteiger partial charge < -0.3 is 25.0 Å². The number of nitrogens with one attached hydrogen (secondary N) is 1. The number of anilines is 1. The van der Waals surface area contributed by atoms with E-state index in [-0.39, 0.29) is 24.0 Å². The molecule has 3 aromatic rings. The molecule has 39 heavy (non-hydrogen) atoms. The van der Waals surface area contributed by atoms with Crippen molar-refractivity contribution >= 4 is 11.6 Å². The maximum Gasteiger partial charge on any atom is 0.317 e. The van der Waals surface area contributed by atoms with Gasteiger partial charge in [-0.2, -0.15) is 8.78 Å². The monoisotopic (exact) mass is 545 g/mol. The molecule has 0 radical (unpaired) electrons. The second kappa shape index (κ2) is 12.5. The van der Waals surface area contributed by atoms with Gasteiger partial charge in [-0.1, -0.05) is 6.07 Å². The predicted molar refractivity (Wildman–Crippen MR) is 138 cm³/mol. The lowest BCUT2D eigenvalue weighted by molar-refractivity contribution is -0.0322. The Hall–Kier alpha value is -3.54. The minimum atomic E-state index is -3.79. The first-order chi connectivity index (χ1) is 18.7. The van der Waals surface area contributed by atoms with Gasteiger partial charge in [0, 0.05) is 48.3 Å². The number of rotatable bonds is 10. The first-order valence-electron chi connectivity index (χ1n) is 12.5. The van der Waals surface area contributed by atoms with Gasteiger partial charge in [0.05, 0.1) is 6.61 Å². The molecule has 208 valence electrons. The van der Waals surface area contributed by atoms with Gasteiger partial charge in [-0.3, -0.25) is 9.78 Å². The first-order valence-corrected chi connectivity index (χ1v) is 12.5. The van der Waals surface area contributed by atoms with E-state index in [0.717, 1.165) is 47.5 Å². The summed E-state index contributed by atoms with van der Waals surface area (Å²) >= 11 is 0. The lowest BCUT2D eigenvalue weighted by Crippen LogP contribution is -2.22. The van der Waals surface area contributed by atoms with Crippen molar-refractivity contribution in [2.24, 2.45) is 0 Å². The number of halogens is 3. The third kappa shape index (κ3) is 7.11. The van der Waals surface area contributed by atoms with Gasteiger partial charge in [0.25, 0.3) is 5.91 Å². The molecule has 11 heteroatoms. The molecule has 1 atom stereocenters. The lowest BCUT2D eigenvalue weighted by Gasteiger charge is -2.23. The Morgan fingerprint density at radius 1 is 1.21 bits per heavy atom. The molecule has 0 saturated carbocycles. The highest BCUT2D eigenvalue weighted by Gasteiger charge is 2.34. The molecule has 0 bridgehead atoms. The Morgan fingerprint density at radius 3 is 2.69 bits per heavy atom. The number of carbonyl (C=O) groups excluding carboxylic acids is 1. The van der Waals surface area contributed by atoms with Crippen molar-refractivity contribution in [1.82, 2.24) is 9.97 Å². The van der Waals surface area contributed by atoms with Crippen LogP contribution >= 0.6 is 0 Å². The van der Waals surface area contributed by atoms with Crippen LogP contribution in [0, 0.1) is 6.92 Å². The second-order valence-corrected chi connectivity index (χ2v) is 9.40. The number of hydrogen-bond acceptors (Lipinski definition) is 7. The molecule has 1 amide bonds. The zero-order valence-electron chi connectivity index (χ0n) is 21.4. The Balaban J connectivity index is 1.63. The van der Waals surface area contributed by atoms with Crippen molar-refractivity contribution in [3.8, 4) is 17.0 Å². The Labute approximate surface area is 223 Å². The van der Waals surface area contributed by atoms with Crippen molar-refractivity contribution in [3.05, 3.63) is 71.2 Å². The summed E-state index contributed by atoms with van der Waals surface area (Å²) in [5, 5.41) is 21.6. The summed E-state index contributed by atoms with van der Waals surface area (Å²) in [5.41, 5.74) is 2.75. The molecule has 4 rings (SSSR count). The second-order valence-electron chi connectivity index (χ2n) is 9.40. The number of aryl methyl sites for hydroxylation is 1. The van der Waals surface area contributed by atoms with E-state index in [1.165, 1.54) is 6.07 Å². The summed E-state index contributed by atoms with van der Waals surface area (Å²) in [6.45, 7) is 0.635. The van der Waals surface area contributed by atoms with Crippen molar-refractivity contribution < 1.29 is 37.7 Å². The maximum atomic E-state index is 13.7. The smallest absolute Gasteiger partial charge is 0.317 e. The standard InChI is InChI=1S/C28H30F3N3O5/c1-17-2-3-21(33-27(37)19-4-7-32-25(11-19)28(30,31)16-29)13-23(17)20-10-24(18-5-8-38-9-6-18)34-26(12-20)39-15-22(36)14-35/h2-4,7,10-13,18,22,35-36H,5-6,8-9,14-16H2,1H3,(H,33,37)/t22-/m1/s1. The highest BCUT2D eigenvalue weighted by molar-refractivity contribution is 6.04. The number of carbonyl (C=O) groups is 1. The summed E-state index contributed by atoms with van der Waals surface area (Å²) in [6.07, 6.45) is 1.57. The molecule has 0 spiro atoms. The zero-order chi connectivity index (χ0) is 28.0. The number of aromatic nitrogens is 2. The summed E-state index contributed by atoms with van der Waals surface area (Å²) in [7, 11) is 0. The Kier molecular flexibility index (Phi) is 9.16. The van der Waals surface area contributed by atoms with Crippen molar-refractivity contribution in [3.63, 3.8) is 0 Å². The molecule has 1 aromatic carbocycles. The van der Waals surface area contributed by atoms with Crippen molar-refractivity contribution in [2.45, 2.75) is 37.7 Å². The van der Waals surface area contributed by atoms with Gasteiger partial charge in [-0.15, -0.1) is 0 Å². The molecule has 1 saturated heterocycles. The number of benzene rings is 1. The summed E-state index contributed by atoms with van der Waals surface area (Å²) in [4.78, 5) is 21.0. The molecule has 3 N–H and O–H groups in total. The van der Waals surface area contributed by atoms with E-state index in [1.807, 2.05) is 19.1 Å². The lowest BCUT2D eigenvalue weighted by atomic mass is 9.92. The number of pyridine rings is 2. The topological polar surface area (TPSA) is 114 Å². The van der Waals surface area contributed by atoms with Crippen LogP contribution in [0.5, 0.6) is 5.88 Å². The minimum Gasteiger partial charge on any atom is -0.475 e. The fourth-order valence-electron chi connectivity index (χ4n) is 4.25. The van der Waals surface area contributed by atoms with E-state index >= 15 is 0 Å². The van der Waals surface area contributed by atoms with Crippen LogP contribution in [0.25, 0.3) is 11.1 Å². The maximum absolute atomic E-state index is 13.7. The van der Waals surface area contributed by atoms with E-state index < -0.39 is 36.9 Å². The molecule has 1 aliphatic rings. The predicted octanol–water partition coefficient (Wildman–Crippen LogP) is 4.39. The van der Waals surface area contributed by atoms with Crippen LogP contribution in [0.3, 0.4) is 0 Å². The van der Waals surface area contributed by atoms with Gasteiger partial charge in [0.15, 0.2) is 6.67 Å². The third-order valence-corrected chi connectivity index (χ3v) is 6.47. The number of aliphatic hydroxyl groups excluding tert-OH is 2. The molecule has 8 nitrogen and oxygen atoms in total. The van der Waals surface area contributed by atoms with E-state index in [1.54, 1.807) is 18.2 Å². The van der Waals surface area contributed by atoms with Gasteiger partial charge in [0.1, 0.15) is 18.4 Å². The number of nitrogens with zero attached hydrogens (tertiary/aromatic N) is 2. The van der Waals surface area contributed by atoms with Crippen LogP contribution < -0.4 is 10.1 Å². The zero-order valence-corrected chi connectivity index (χ0v) is 21.4. The summed E-state index contributed by atoms with van der Waals surface area (Å²) in [6, 6.07) is 11.1. The highest BCUT2D eigenvalue weighted by atomic mass is 19.3. The normalized spacial score (nSPS) is 15.1. The first kappa shape index (κ1) is 28.5. The molecule has 2 aromatic heterocycles. The molecule has 1 fully saturated rings. The van der Waals surface area contributed by atoms with Crippen molar-refractivity contribution in [2.75, 3.05) is 38.4 Å². The van der Waals surface area contributed by atoms with Gasteiger partial charge >= 0.3 is 5.92 Å². The number of aliphatic hydroxyl groups is 2. The number of hydrogen-bond donors (Lipinski definition) is 3. The molecule has 0 aliphatic carbocycles. The molecule has 3 heterocycles. The van der Waals surface area contributed by atoms with Crippen LogP contribution in [0.4, 0.5) is 18.9 Å². The average Bonchev–Trinajstić information content (AvgIpc) is 2.97. The SMILES string of the molecule is Cc1ccc(NC(=O)c2ccnc(C(F)(F)CF)c2)cc1-c1cc(OC[C@H](O)CO)nc(C2CCOCC2)c1. The number of amides is 1. The van der Waals surface area contributed by atoms with Crippen molar-refractivity contribution in [1.29, 1.82) is 0 Å². The quantitative estimate of drug-likeness (QED) is 0.346.